The Balaban J connectivity index is 1.44. The second-order valence-corrected chi connectivity index (χ2v) is 6.79. The van der Waals surface area contributed by atoms with Crippen LogP contribution in [0.3, 0.4) is 0 Å². The van der Waals surface area contributed by atoms with Gasteiger partial charge in [0.15, 0.2) is 0 Å². The number of hydrogen-bond acceptors (Lipinski definition) is 3. The number of piperidine rings is 1. The summed E-state index contributed by atoms with van der Waals surface area (Å²) in [6.45, 7) is 5.48. The molecule has 3 rings (SSSR count). The van der Waals surface area contributed by atoms with Crippen LogP contribution in [0.25, 0.3) is 5.65 Å². The molecule has 1 saturated heterocycles. The highest BCUT2D eigenvalue weighted by molar-refractivity contribution is 6.30. The van der Waals surface area contributed by atoms with E-state index in [0.717, 1.165) is 24.4 Å². The third kappa shape index (κ3) is 4.39. The molecule has 3 heterocycles. The van der Waals surface area contributed by atoms with E-state index in [9.17, 15) is 4.79 Å². The lowest BCUT2D eigenvalue weighted by atomic mass is 10.1. The van der Waals surface area contributed by atoms with Crippen LogP contribution in [0.5, 0.6) is 0 Å². The number of carbonyl (C=O) groups excluding carboxylic acids is 1. The number of rotatable bonds is 5. The van der Waals surface area contributed by atoms with Crippen LogP contribution in [-0.2, 0) is 6.54 Å². The molecule has 1 atom stereocenters. The topological polar surface area (TPSA) is 61.7 Å². The molecule has 130 valence electrons. The molecule has 0 aromatic carbocycles. The quantitative estimate of drug-likeness (QED) is 0.872. The summed E-state index contributed by atoms with van der Waals surface area (Å²) in [6.07, 6.45) is 7.51. The average molecular weight is 350 g/mol. The normalized spacial score (nSPS) is 16.9. The SMILES string of the molecule is C[C@@H](CNC(=O)NCc1cn2cc(Cl)ccc2n1)N1CCCCC1. The molecule has 7 heteroatoms. The molecule has 0 radical (unpaired) electrons. The fourth-order valence-corrected chi connectivity index (χ4v) is 3.23. The Bertz CT molecular complexity index is 695. The Hall–Kier alpha value is -1.79. The zero-order valence-electron chi connectivity index (χ0n) is 14.0. The van der Waals surface area contributed by atoms with Gasteiger partial charge in [0.25, 0.3) is 0 Å². The Morgan fingerprint density at radius 3 is 2.83 bits per heavy atom. The number of hydrogen-bond donors (Lipinski definition) is 2. The van der Waals surface area contributed by atoms with Gasteiger partial charge in [-0.2, -0.15) is 0 Å². The molecule has 0 unspecified atom stereocenters. The maximum absolute atomic E-state index is 12.0. The van der Waals surface area contributed by atoms with Gasteiger partial charge in [-0.25, -0.2) is 9.78 Å². The number of nitrogens with one attached hydrogen (secondary N) is 2. The summed E-state index contributed by atoms with van der Waals surface area (Å²) < 4.78 is 1.86. The number of amides is 2. The van der Waals surface area contributed by atoms with Crippen molar-refractivity contribution in [3.8, 4) is 0 Å². The first kappa shape index (κ1) is 17.0. The van der Waals surface area contributed by atoms with Crippen molar-refractivity contribution in [3.63, 3.8) is 0 Å². The van der Waals surface area contributed by atoms with Crippen molar-refractivity contribution in [1.82, 2.24) is 24.9 Å². The van der Waals surface area contributed by atoms with Crippen LogP contribution in [-0.4, -0.2) is 46.0 Å². The lowest BCUT2D eigenvalue weighted by Gasteiger charge is -2.32. The summed E-state index contributed by atoms with van der Waals surface area (Å²) in [7, 11) is 0. The number of imidazole rings is 1. The molecule has 1 aliphatic heterocycles. The minimum atomic E-state index is -0.158. The first-order valence-electron chi connectivity index (χ1n) is 8.51. The highest BCUT2D eigenvalue weighted by atomic mass is 35.5. The summed E-state index contributed by atoms with van der Waals surface area (Å²) in [6, 6.07) is 3.87. The van der Waals surface area contributed by atoms with Crippen molar-refractivity contribution < 1.29 is 4.79 Å². The van der Waals surface area contributed by atoms with Gasteiger partial charge in [-0.05, 0) is 45.0 Å². The largest absolute Gasteiger partial charge is 0.337 e. The molecule has 24 heavy (non-hydrogen) atoms. The van der Waals surface area contributed by atoms with E-state index in [2.05, 4.69) is 27.4 Å². The van der Waals surface area contributed by atoms with Gasteiger partial charge in [-0.15, -0.1) is 0 Å². The Labute approximate surface area is 147 Å². The van der Waals surface area contributed by atoms with Gasteiger partial charge in [0.2, 0.25) is 0 Å². The number of carbonyl (C=O) groups is 1. The molecule has 6 nitrogen and oxygen atoms in total. The summed E-state index contributed by atoms with van der Waals surface area (Å²) in [5.74, 6) is 0. The molecule has 2 amide bonds. The minimum absolute atomic E-state index is 0.158. The molecule has 0 spiro atoms. The maximum atomic E-state index is 12.0. The fraction of sp³-hybridized carbons (Fsp3) is 0.529. The van der Waals surface area contributed by atoms with E-state index in [0.29, 0.717) is 24.2 Å². The average Bonchev–Trinajstić information content (AvgIpc) is 3.00. The first-order valence-corrected chi connectivity index (χ1v) is 8.88. The van der Waals surface area contributed by atoms with Gasteiger partial charge in [-0.3, -0.25) is 4.90 Å². The van der Waals surface area contributed by atoms with Crippen molar-refractivity contribution in [2.75, 3.05) is 19.6 Å². The van der Waals surface area contributed by atoms with Gasteiger partial charge in [-0.1, -0.05) is 18.0 Å². The predicted octanol–water partition coefficient (Wildman–Crippen LogP) is 2.66. The molecule has 0 saturated carbocycles. The highest BCUT2D eigenvalue weighted by Gasteiger charge is 2.17. The van der Waals surface area contributed by atoms with Crippen LogP contribution in [0.2, 0.25) is 5.02 Å². The Morgan fingerprint density at radius 1 is 1.25 bits per heavy atom. The summed E-state index contributed by atoms with van der Waals surface area (Å²) in [5.41, 5.74) is 1.62. The molecule has 2 aromatic rings. The lowest BCUT2D eigenvalue weighted by Crippen LogP contribution is -2.46. The maximum Gasteiger partial charge on any atom is 0.315 e. The van der Waals surface area contributed by atoms with E-state index >= 15 is 0 Å². The fourth-order valence-electron chi connectivity index (χ4n) is 3.06. The second-order valence-electron chi connectivity index (χ2n) is 6.35. The first-order chi connectivity index (χ1) is 11.6. The smallest absolute Gasteiger partial charge is 0.315 e. The van der Waals surface area contributed by atoms with Crippen molar-refractivity contribution >= 4 is 23.3 Å². The van der Waals surface area contributed by atoms with E-state index in [1.165, 1.54) is 19.3 Å². The summed E-state index contributed by atoms with van der Waals surface area (Å²) >= 11 is 5.96. The van der Waals surface area contributed by atoms with E-state index < -0.39 is 0 Å². The monoisotopic (exact) mass is 349 g/mol. The van der Waals surface area contributed by atoms with E-state index in [1.54, 1.807) is 12.3 Å². The zero-order valence-corrected chi connectivity index (χ0v) is 14.7. The summed E-state index contributed by atoms with van der Waals surface area (Å²) in [5, 5.41) is 6.46. The van der Waals surface area contributed by atoms with E-state index in [1.807, 2.05) is 16.7 Å². The lowest BCUT2D eigenvalue weighted by molar-refractivity contribution is 0.170. The number of urea groups is 1. The van der Waals surface area contributed by atoms with Crippen LogP contribution in [0.4, 0.5) is 4.79 Å². The van der Waals surface area contributed by atoms with Crippen LogP contribution in [0.1, 0.15) is 31.9 Å². The van der Waals surface area contributed by atoms with Crippen LogP contribution >= 0.6 is 11.6 Å². The second kappa shape index (κ2) is 7.85. The van der Waals surface area contributed by atoms with Crippen molar-refractivity contribution in [2.45, 2.75) is 38.8 Å². The molecule has 0 bridgehead atoms. The molecular weight excluding hydrogens is 326 g/mol. The third-order valence-corrected chi connectivity index (χ3v) is 4.69. The van der Waals surface area contributed by atoms with E-state index in [4.69, 9.17) is 11.6 Å². The van der Waals surface area contributed by atoms with Crippen LogP contribution < -0.4 is 10.6 Å². The molecule has 2 aromatic heterocycles. The number of pyridine rings is 1. The van der Waals surface area contributed by atoms with Gasteiger partial charge in [0.05, 0.1) is 17.3 Å². The number of aromatic nitrogens is 2. The van der Waals surface area contributed by atoms with Crippen molar-refractivity contribution in [2.24, 2.45) is 0 Å². The van der Waals surface area contributed by atoms with Crippen LogP contribution in [0, 0.1) is 0 Å². The molecular formula is C17H24ClN5O. The van der Waals surface area contributed by atoms with Gasteiger partial charge >= 0.3 is 6.03 Å². The number of likely N-dealkylation sites (tertiary alicyclic amines) is 1. The highest BCUT2D eigenvalue weighted by Crippen LogP contribution is 2.12. The predicted molar refractivity (Wildman–Crippen MR) is 95.3 cm³/mol. The third-order valence-electron chi connectivity index (χ3n) is 4.47. The van der Waals surface area contributed by atoms with Gasteiger partial charge in [0.1, 0.15) is 5.65 Å². The van der Waals surface area contributed by atoms with Crippen molar-refractivity contribution in [1.29, 1.82) is 0 Å². The standard InChI is InChI=1S/C17H24ClN5O/c1-13(22-7-3-2-4-8-22)9-19-17(24)20-10-15-12-23-11-14(18)5-6-16(23)21-15/h5-6,11-13H,2-4,7-10H2,1H3,(H2,19,20,24)/t13-/m0/s1. The number of nitrogens with zero attached hydrogens (tertiary/aromatic N) is 3. The molecule has 1 fully saturated rings. The minimum Gasteiger partial charge on any atom is -0.337 e. The zero-order chi connectivity index (χ0) is 16.9. The van der Waals surface area contributed by atoms with Gasteiger partial charge in [0, 0.05) is 25.0 Å². The molecule has 1 aliphatic rings. The Morgan fingerprint density at radius 2 is 2.04 bits per heavy atom. The van der Waals surface area contributed by atoms with Crippen LogP contribution in [0.15, 0.2) is 24.5 Å². The molecule has 0 aliphatic carbocycles. The summed E-state index contributed by atoms with van der Waals surface area (Å²) in [4.78, 5) is 18.9. The van der Waals surface area contributed by atoms with Crippen molar-refractivity contribution in [3.05, 3.63) is 35.2 Å². The Kier molecular flexibility index (Phi) is 5.58. The van der Waals surface area contributed by atoms with E-state index in [-0.39, 0.29) is 6.03 Å². The number of fused-ring (bicyclic) bond motifs is 1. The van der Waals surface area contributed by atoms with Gasteiger partial charge < -0.3 is 15.0 Å². The molecule has 2 N–H and O–H groups in total. The number of halogens is 1.